The molecule has 3 aromatic rings. The number of fused-ring (bicyclic) bond motifs is 1. The molecule has 2 nitrogen and oxygen atoms in total. The van der Waals surface area contributed by atoms with E-state index in [4.69, 9.17) is 16.0 Å². The average molecular weight is 378 g/mol. The molecule has 0 saturated carbocycles. The van der Waals surface area contributed by atoms with Crippen LogP contribution in [0.4, 0.5) is 0 Å². The van der Waals surface area contributed by atoms with Gasteiger partial charge >= 0.3 is 5.63 Å². The second kappa shape index (κ2) is 5.90. The Morgan fingerprint density at radius 3 is 2.68 bits per heavy atom. The SMILES string of the molecule is CCc1c(-c2cccc(Br)c2)c2cc(C)c(Cl)cc2oc1=O. The van der Waals surface area contributed by atoms with Gasteiger partial charge in [-0.05, 0) is 42.7 Å². The lowest BCUT2D eigenvalue weighted by molar-refractivity contribution is 0.552. The summed E-state index contributed by atoms with van der Waals surface area (Å²) in [4.78, 5) is 12.3. The van der Waals surface area contributed by atoms with Crippen molar-refractivity contribution in [2.24, 2.45) is 0 Å². The normalized spacial score (nSPS) is 11.1. The predicted octanol–water partition coefficient (Wildman–Crippen LogP) is 5.75. The van der Waals surface area contributed by atoms with Gasteiger partial charge in [-0.1, -0.05) is 46.6 Å². The Kier molecular flexibility index (Phi) is 4.11. The Labute approximate surface area is 141 Å². The number of hydrogen-bond donors (Lipinski definition) is 0. The van der Waals surface area contributed by atoms with E-state index in [2.05, 4.69) is 15.9 Å². The summed E-state index contributed by atoms with van der Waals surface area (Å²) in [7, 11) is 0. The van der Waals surface area contributed by atoms with Crippen molar-refractivity contribution in [3.05, 3.63) is 67.4 Å². The molecule has 0 unspecified atom stereocenters. The van der Waals surface area contributed by atoms with Crippen LogP contribution in [-0.2, 0) is 6.42 Å². The minimum Gasteiger partial charge on any atom is -0.422 e. The van der Waals surface area contributed by atoms with Gasteiger partial charge in [0, 0.05) is 32.1 Å². The zero-order chi connectivity index (χ0) is 15.9. The lowest BCUT2D eigenvalue weighted by Crippen LogP contribution is -2.09. The number of aryl methyl sites for hydroxylation is 1. The highest BCUT2D eigenvalue weighted by Crippen LogP contribution is 2.34. The minimum atomic E-state index is -0.301. The Bertz CT molecular complexity index is 928. The monoisotopic (exact) mass is 376 g/mol. The summed E-state index contributed by atoms with van der Waals surface area (Å²) in [5.74, 6) is 0. The molecular weight excluding hydrogens is 364 g/mol. The zero-order valence-corrected chi connectivity index (χ0v) is 14.6. The molecule has 4 heteroatoms. The van der Waals surface area contributed by atoms with Gasteiger partial charge in [-0.15, -0.1) is 0 Å². The van der Waals surface area contributed by atoms with Crippen LogP contribution in [0.25, 0.3) is 22.1 Å². The molecule has 0 aliphatic carbocycles. The lowest BCUT2D eigenvalue weighted by Gasteiger charge is -2.12. The van der Waals surface area contributed by atoms with E-state index in [1.165, 1.54) is 0 Å². The lowest BCUT2D eigenvalue weighted by atomic mass is 9.95. The number of hydrogen-bond acceptors (Lipinski definition) is 2. The van der Waals surface area contributed by atoms with Crippen LogP contribution < -0.4 is 5.63 Å². The van der Waals surface area contributed by atoms with Gasteiger partial charge in [0.1, 0.15) is 5.58 Å². The standard InChI is InChI=1S/C18H14BrClO2/c1-3-13-17(11-5-4-6-12(19)8-11)14-7-10(2)15(20)9-16(14)22-18(13)21/h4-9H,3H2,1-2H3. The van der Waals surface area contributed by atoms with Crippen molar-refractivity contribution in [1.29, 1.82) is 0 Å². The smallest absolute Gasteiger partial charge is 0.340 e. The summed E-state index contributed by atoms with van der Waals surface area (Å²) >= 11 is 9.66. The van der Waals surface area contributed by atoms with Gasteiger partial charge in [0.05, 0.1) is 0 Å². The highest BCUT2D eigenvalue weighted by Gasteiger charge is 2.16. The van der Waals surface area contributed by atoms with Crippen molar-refractivity contribution < 1.29 is 4.42 Å². The van der Waals surface area contributed by atoms with E-state index in [1.807, 2.05) is 44.2 Å². The summed E-state index contributed by atoms with van der Waals surface area (Å²) in [6, 6.07) is 11.6. The van der Waals surface area contributed by atoms with Crippen LogP contribution in [0, 0.1) is 6.92 Å². The molecule has 0 amide bonds. The Balaban J connectivity index is 2.49. The van der Waals surface area contributed by atoms with Crippen LogP contribution in [0.1, 0.15) is 18.1 Å². The van der Waals surface area contributed by atoms with Gasteiger partial charge in [0.25, 0.3) is 0 Å². The third-order valence-electron chi connectivity index (χ3n) is 3.75. The first-order valence-corrected chi connectivity index (χ1v) is 8.20. The Morgan fingerprint density at radius 1 is 1.23 bits per heavy atom. The highest BCUT2D eigenvalue weighted by molar-refractivity contribution is 9.10. The van der Waals surface area contributed by atoms with Gasteiger partial charge in [-0.2, -0.15) is 0 Å². The Hall–Kier alpha value is -1.58. The molecule has 0 atom stereocenters. The van der Waals surface area contributed by atoms with Crippen molar-refractivity contribution in [1.82, 2.24) is 0 Å². The maximum Gasteiger partial charge on any atom is 0.340 e. The molecule has 1 heterocycles. The van der Waals surface area contributed by atoms with Crippen LogP contribution >= 0.6 is 27.5 Å². The van der Waals surface area contributed by atoms with Crippen molar-refractivity contribution in [2.75, 3.05) is 0 Å². The van der Waals surface area contributed by atoms with Gasteiger partial charge < -0.3 is 4.42 Å². The first kappa shape index (κ1) is 15.3. The van der Waals surface area contributed by atoms with Gasteiger partial charge in [-0.3, -0.25) is 0 Å². The molecule has 0 N–H and O–H groups in total. The molecule has 0 spiro atoms. The largest absolute Gasteiger partial charge is 0.422 e. The van der Waals surface area contributed by atoms with Crippen LogP contribution in [0.5, 0.6) is 0 Å². The fourth-order valence-electron chi connectivity index (χ4n) is 2.66. The highest BCUT2D eigenvalue weighted by atomic mass is 79.9. The van der Waals surface area contributed by atoms with Crippen molar-refractivity contribution in [3.8, 4) is 11.1 Å². The molecule has 112 valence electrons. The van der Waals surface area contributed by atoms with Gasteiger partial charge in [-0.25, -0.2) is 4.79 Å². The van der Waals surface area contributed by atoms with E-state index in [0.717, 1.165) is 26.5 Å². The van der Waals surface area contributed by atoms with Crippen molar-refractivity contribution in [3.63, 3.8) is 0 Å². The maximum atomic E-state index is 12.3. The molecule has 22 heavy (non-hydrogen) atoms. The molecule has 2 aromatic carbocycles. The molecule has 0 radical (unpaired) electrons. The summed E-state index contributed by atoms with van der Waals surface area (Å²) in [6.45, 7) is 3.91. The van der Waals surface area contributed by atoms with E-state index in [-0.39, 0.29) is 5.63 Å². The Morgan fingerprint density at radius 2 is 2.00 bits per heavy atom. The minimum absolute atomic E-state index is 0.301. The number of halogens is 2. The molecule has 0 aliphatic rings. The first-order chi connectivity index (χ1) is 10.5. The van der Waals surface area contributed by atoms with Crippen molar-refractivity contribution in [2.45, 2.75) is 20.3 Å². The second-order valence-electron chi connectivity index (χ2n) is 5.20. The van der Waals surface area contributed by atoms with Crippen LogP contribution in [0.2, 0.25) is 5.02 Å². The molecule has 0 saturated heterocycles. The molecule has 0 bridgehead atoms. The molecule has 3 rings (SSSR count). The summed E-state index contributed by atoms with van der Waals surface area (Å²) in [5.41, 5.74) is 3.78. The summed E-state index contributed by atoms with van der Waals surface area (Å²) in [5, 5.41) is 1.51. The number of rotatable bonds is 2. The molecular formula is C18H14BrClO2. The van der Waals surface area contributed by atoms with E-state index >= 15 is 0 Å². The van der Waals surface area contributed by atoms with Gasteiger partial charge in [0.15, 0.2) is 0 Å². The predicted molar refractivity (Wildman–Crippen MR) is 94.7 cm³/mol. The van der Waals surface area contributed by atoms with E-state index < -0.39 is 0 Å². The molecule has 0 aliphatic heterocycles. The average Bonchev–Trinajstić information content (AvgIpc) is 2.48. The third-order valence-corrected chi connectivity index (χ3v) is 4.65. The quantitative estimate of drug-likeness (QED) is 0.532. The summed E-state index contributed by atoms with van der Waals surface area (Å²) < 4.78 is 6.43. The van der Waals surface area contributed by atoms with Gasteiger partial charge in [0.2, 0.25) is 0 Å². The number of benzene rings is 2. The maximum absolute atomic E-state index is 12.3. The van der Waals surface area contributed by atoms with Crippen LogP contribution in [-0.4, -0.2) is 0 Å². The van der Waals surface area contributed by atoms with E-state index in [1.54, 1.807) is 6.07 Å². The zero-order valence-electron chi connectivity index (χ0n) is 12.2. The third kappa shape index (κ3) is 2.59. The fourth-order valence-corrected chi connectivity index (χ4v) is 3.22. The first-order valence-electron chi connectivity index (χ1n) is 7.03. The molecule has 1 aromatic heterocycles. The van der Waals surface area contributed by atoms with Crippen LogP contribution in [0.3, 0.4) is 0 Å². The fraction of sp³-hybridized carbons (Fsp3) is 0.167. The summed E-state index contributed by atoms with van der Waals surface area (Å²) in [6.07, 6.45) is 0.613. The topological polar surface area (TPSA) is 30.2 Å². The van der Waals surface area contributed by atoms with E-state index in [9.17, 15) is 4.79 Å². The van der Waals surface area contributed by atoms with Crippen LogP contribution in [0.15, 0.2) is 50.1 Å². The van der Waals surface area contributed by atoms with Crippen molar-refractivity contribution >= 4 is 38.5 Å². The van der Waals surface area contributed by atoms with E-state index in [0.29, 0.717) is 22.6 Å². The molecule has 0 fully saturated rings. The second-order valence-corrected chi connectivity index (χ2v) is 6.53.